The highest BCUT2D eigenvalue weighted by Crippen LogP contribution is 2.32. The summed E-state index contributed by atoms with van der Waals surface area (Å²) in [5.41, 5.74) is 2.25. The van der Waals surface area contributed by atoms with Gasteiger partial charge in [0, 0.05) is 18.0 Å². The number of rotatable bonds is 13. The summed E-state index contributed by atoms with van der Waals surface area (Å²) in [6.07, 6.45) is 24.4. The maximum Gasteiger partial charge on any atom is 0.159 e. The molecule has 0 atom stereocenters. The Kier molecular flexibility index (Phi) is 10.8. The van der Waals surface area contributed by atoms with Crippen LogP contribution in [0.15, 0.2) is 48.8 Å². The highest BCUT2D eigenvalue weighted by Gasteiger charge is 2.18. The van der Waals surface area contributed by atoms with Gasteiger partial charge in [-0.15, -0.1) is 0 Å². The topological polar surface area (TPSA) is 35.0 Å². The first-order valence-electron chi connectivity index (χ1n) is 13.0. The van der Waals surface area contributed by atoms with Crippen molar-refractivity contribution in [3.05, 3.63) is 54.4 Å². The molecule has 3 nitrogen and oxygen atoms in total. The molecule has 0 radical (unpaired) electrons. The molecule has 0 amide bonds. The molecule has 0 aliphatic heterocycles. The number of hydrogen-bond acceptors (Lipinski definition) is 3. The van der Waals surface area contributed by atoms with Crippen molar-refractivity contribution in [1.82, 2.24) is 9.97 Å². The zero-order chi connectivity index (χ0) is 22.4. The molecule has 0 unspecified atom stereocenters. The van der Waals surface area contributed by atoms with Gasteiger partial charge in [0.25, 0.3) is 0 Å². The Balaban J connectivity index is 1.37. The molecule has 32 heavy (non-hydrogen) atoms. The molecule has 1 aliphatic rings. The molecule has 0 saturated heterocycles. The van der Waals surface area contributed by atoms with Crippen molar-refractivity contribution in [1.29, 1.82) is 0 Å². The molecule has 3 rings (SSSR count). The molecule has 1 fully saturated rings. The van der Waals surface area contributed by atoms with Crippen LogP contribution in [0.5, 0.6) is 5.75 Å². The van der Waals surface area contributed by atoms with Crippen LogP contribution in [-0.4, -0.2) is 16.6 Å². The minimum absolute atomic E-state index is 0.638. The van der Waals surface area contributed by atoms with Crippen LogP contribution < -0.4 is 4.74 Å². The van der Waals surface area contributed by atoms with Gasteiger partial charge < -0.3 is 4.74 Å². The Morgan fingerprint density at radius 2 is 1.56 bits per heavy atom. The highest BCUT2D eigenvalue weighted by molar-refractivity contribution is 5.55. The van der Waals surface area contributed by atoms with Crippen molar-refractivity contribution in [2.75, 3.05) is 6.61 Å². The van der Waals surface area contributed by atoms with E-state index < -0.39 is 0 Å². The second-order valence-corrected chi connectivity index (χ2v) is 9.41. The monoisotopic (exact) mass is 434 g/mol. The number of ether oxygens (including phenoxy) is 1. The fourth-order valence-electron chi connectivity index (χ4n) is 4.66. The average molecular weight is 435 g/mol. The van der Waals surface area contributed by atoms with Crippen LogP contribution in [-0.2, 0) is 6.42 Å². The molecule has 2 aromatic rings. The van der Waals surface area contributed by atoms with Gasteiger partial charge in [-0.1, -0.05) is 64.5 Å². The van der Waals surface area contributed by atoms with E-state index in [-0.39, 0.29) is 0 Å². The Bertz CT molecular complexity index is 774. The minimum atomic E-state index is 0.638. The summed E-state index contributed by atoms with van der Waals surface area (Å²) in [6, 6.07) is 8.13. The lowest BCUT2D eigenvalue weighted by molar-refractivity contribution is 0.288. The van der Waals surface area contributed by atoms with Gasteiger partial charge in [-0.25, -0.2) is 9.97 Å². The summed E-state index contributed by atoms with van der Waals surface area (Å²) in [6.45, 7) is 5.16. The summed E-state index contributed by atoms with van der Waals surface area (Å²) in [5, 5.41) is 0. The zero-order valence-corrected chi connectivity index (χ0v) is 20.3. The van der Waals surface area contributed by atoms with Crippen LogP contribution in [0.25, 0.3) is 11.4 Å². The van der Waals surface area contributed by atoms with Crippen molar-refractivity contribution >= 4 is 0 Å². The summed E-state index contributed by atoms with van der Waals surface area (Å²) < 4.78 is 5.92. The molecular weight excluding hydrogens is 392 g/mol. The number of unbranched alkanes of at least 4 members (excludes halogenated alkanes) is 4. The maximum atomic E-state index is 5.92. The average Bonchev–Trinajstić information content (AvgIpc) is 2.84. The van der Waals surface area contributed by atoms with Crippen LogP contribution in [0.1, 0.15) is 90.0 Å². The fourth-order valence-corrected chi connectivity index (χ4v) is 4.66. The van der Waals surface area contributed by atoms with Crippen molar-refractivity contribution in [3.63, 3.8) is 0 Å². The largest absolute Gasteiger partial charge is 0.490 e. The van der Waals surface area contributed by atoms with E-state index in [4.69, 9.17) is 4.74 Å². The minimum Gasteiger partial charge on any atom is -0.490 e. The first kappa shape index (κ1) is 24.5. The number of benzene rings is 1. The molecule has 1 aromatic heterocycles. The fraction of sp³-hybridized carbons (Fsp3) is 0.586. The lowest BCUT2D eigenvalue weighted by Gasteiger charge is -2.26. The predicted octanol–water partition coefficient (Wildman–Crippen LogP) is 8.20. The van der Waals surface area contributed by atoms with Crippen LogP contribution >= 0.6 is 0 Å². The molecule has 1 saturated carbocycles. The van der Waals surface area contributed by atoms with Gasteiger partial charge in [-0.2, -0.15) is 0 Å². The smallest absolute Gasteiger partial charge is 0.159 e. The van der Waals surface area contributed by atoms with Gasteiger partial charge in [-0.05, 0) is 80.2 Å². The van der Waals surface area contributed by atoms with E-state index in [0.29, 0.717) is 6.61 Å². The van der Waals surface area contributed by atoms with E-state index in [2.05, 4.69) is 36.0 Å². The second-order valence-electron chi connectivity index (χ2n) is 9.41. The van der Waals surface area contributed by atoms with Crippen molar-refractivity contribution in [2.45, 2.75) is 90.9 Å². The Hall–Kier alpha value is -2.16. The second kappa shape index (κ2) is 14.1. The number of aromatic nitrogens is 2. The molecule has 3 heteroatoms. The Morgan fingerprint density at radius 1 is 0.875 bits per heavy atom. The SMILES string of the molecule is CCCCCc1cnc(-c2ccc(OCC=CC3CCC(CCCCC)CC3)cc2)nc1. The van der Waals surface area contributed by atoms with Crippen LogP contribution in [0, 0.1) is 11.8 Å². The normalized spacial score (nSPS) is 18.8. The summed E-state index contributed by atoms with van der Waals surface area (Å²) in [5.74, 6) is 3.39. The van der Waals surface area contributed by atoms with Crippen LogP contribution in [0.3, 0.4) is 0 Å². The van der Waals surface area contributed by atoms with Gasteiger partial charge in [0.1, 0.15) is 12.4 Å². The third-order valence-corrected chi connectivity index (χ3v) is 6.75. The molecule has 0 N–H and O–H groups in total. The van der Waals surface area contributed by atoms with E-state index in [0.717, 1.165) is 35.4 Å². The highest BCUT2D eigenvalue weighted by atomic mass is 16.5. The van der Waals surface area contributed by atoms with Gasteiger partial charge in [0.15, 0.2) is 5.82 Å². The summed E-state index contributed by atoms with van der Waals surface area (Å²) in [7, 11) is 0. The number of aryl methyl sites for hydroxylation is 1. The molecule has 1 aromatic carbocycles. The van der Waals surface area contributed by atoms with Gasteiger partial charge >= 0.3 is 0 Å². The lowest BCUT2D eigenvalue weighted by Crippen LogP contribution is -2.13. The first-order valence-corrected chi connectivity index (χ1v) is 13.0. The third kappa shape index (κ3) is 8.41. The third-order valence-electron chi connectivity index (χ3n) is 6.75. The quantitative estimate of drug-likeness (QED) is 0.235. The van der Waals surface area contributed by atoms with E-state index in [1.54, 1.807) is 0 Å². The van der Waals surface area contributed by atoms with E-state index in [1.807, 2.05) is 36.7 Å². The summed E-state index contributed by atoms with van der Waals surface area (Å²) in [4.78, 5) is 9.09. The molecule has 1 aliphatic carbocycles. The Labute approximate surface area is 195 Å². The molecule has 1 heterocycles. The standard InChI is InChI=1S/C29H42N2O/c1-3-5-7-10-24-13-15-25(16-14-24)12-9-21-32-28-19-17-27(18-20-28)29-30-22-26(23-31-29)11-8-6-4-2/h9,12,17-20,22-25H,3-8,10-11,13-16,21H2,1-2H3. The zero-order valence-electron chi connectivity index (χ0n) is 20.3. The predicted molar refractivity (Wildman–Crippen MR) is 135 cm³/mol. The summed E-state index contributed by atoms with van der Waals surface area (Å²) >= 11 is 0. The van der Waals surface area contributed by atoms with Crippen molar-refractivity contribution in [2.24, 2.45) is 11.8 Å². The number of hydrogen-bond donors (Lipinski definition) is 0. The lowest BCUT2D eigenvalue weighted by atomic mass is 9.79. The van der Waals surface area contributed by atoms with E-state index in [1.165, 1.54) is 76.2 Å². The Morgan fingerprint density at radius 3 is 2.25 bits per heavy atom. The van der Waals surface area contributed by atoms with Crippen LogP contribution in [0.4, 0.5) is 0 Å². The van der Waals surface area contributed by atoms with Crippen molar-refractivity contribution in [3.8, 4) is 17.1 Å². The maximum absolute atomic E-state index is 5.92. The van der Waals surface area contributed by atoms with Crippen molar-refractivity contribution < 1.29 is 4.74 Å². The number of nitrogens with zero attached hydrogens (tertiary/aromatic N) is 2. The molecule has 174 valence electrons. The van der Waals surface area contributed by atoms with E-state index in [9.17, 15) is 0 Å². The molecule has 0 spiro atoms. The van der Waals surface area contributed by atoms with Gasteiger partial charge in [-0.3, -0.25) is 0 Å². The van der Waals surface area contributed by atoms with E-state index >= 15 is 0 Å². The number of allylic oxidation sites excluding steroid dienone is 1. The van der Waals surface area contributed by atoms with Crippen LogP contribution in [0.2, 0.25) is 0 Å². The van der Waals surface area contributed by atoms with Gasteiger partial charge in [0.05, 0.1) is 0 Å². The molecular formula is C29H42N2O. The molecule has 0 bridgehead atoms. The first-order chi connectivity index (χ1) is 15.8. The van der Waals surface area contributed by atoms with Gasteiger partial charge in [0.2, 0.25) is 0 Å².